The van der Waals surface area contributed by atoms with E-state index >= 15 is 0 Å². The van der Waals surface area contributed by atoms with Crippen molar-refractivity contribution in [3.05, 3.63) is 0 Å². The molecular weight excluding hydrogens is 292 g/mol. The molecule has 19 heavy (non-hydrogen) atoms. The van der Waals surface area contributed by atoms with Crippen molar-refractivity contribution in [2.24, 2.45) is 5.41 Å². The first-order chi connectivity index (χ1) is 8.53. The Morgan fingerprint density at radius 3 is 2.21 bits per heavy atom. The molecule has 3 saturated carbocycles. The molecular formula is C14H28O2S2Si. The van der Waals surface area contributed by atoms with Crippen molar-refractivity contribution >= 4 is 36.7 Å². The molecule has 0 radical (unpaired) electrons. The van der Waals surface area contributed by atoms with Crippen LogP contribution >= 0.6 is 24.0 Å². The molecule has 5 heteroatoms. The van der Waals surface area contributed by atoms with Crippen molar-refractivity contribution in [1.29, 1.82) is 0 Å². The maximum absolute atomic E-state index is 6.60. The largest absolute Gasteiger partial charge is 0.479 e. The summed E-state index contributed by atoms with van der Waals surface area (Å²) in [5.74, 6) is 0. The lowest BCUT2D eigenvalue weighted by atomic mass is 9.41. The molecule has 0 heterocycles. The molecule has 0 aromatic carbocycles. The summed E-state index contributed by atoms with van der Waals surface area (Å²) in [6.45, 7) is 12.4. The highest BCUT2D eigenvalue weighted by Gasteiger charge is 2.70. The third-order valence-electron chi connectivity index (χ3n) is 5.08. The van der Waals surface area contributed by atoms with E-state index in [4.69, 9.17) is 21.4 Å². The Balaban J connectivity index is 1.82. The van der Waals surface area contributed by atoms with E-state index in [-0.39, 0.29) is 5.60 Å². The van der Waals surface area contributed by atoms with Crippen molar-refractivity contribution in [2.45, 2.75) is 63.8 Å². The van der Waals surface area contributed by atoms with Gasteiger partial charge in [0.2, 0.25) is 0 Å². The zero-order valence-electron chi connectivity index (χ0n) is 13.1. The molecule has 3 rings (SSSR count). The van der Waals surface area contributed by atoms with E-state index < -0.39 is 8.32 Å². The molecule has 2 bridgehead atoms. The first-order valence-electron chi connectivity index (χ1n) is 7.08. The number of ether oxygens (including phenoxy) is 1. The predicted molar refractivity (Wildman–Crippen MR) is 92.2 cm³/mol. The molecule has 3 aliphatic rings. The molecule has 0 N–H and O–H groups in total. The van der Waals surface area contributed by atoms with E-state index in [0.29, 0.717) is 22.2 Å². The van der Waals surface area contributed by atoms with Crippen molar-refractivity contribution < 1.29 is 9.16 Å². The fourth-order valence-electron chi connectivity index (χ4n) is 3.14. The molecule has 0 saturated heterocycles. The Bertz CT molecular complexity index is 368. The summed E-state index contributed by atoms with van der Waals surface area (Å²) in [5, 5.41) is 0.303. The van der Waals surface area contributed by atoms with Gasteiger partial charge in [0, 0.05) is 5.41 Å². The Kier molecular flexibility index (Phi) is 3.92. The van der Waals surface area contributed by atoms with Crippen LogP contribution in [0.25, 0.3) is 0 Å². The summed E-state index contributed by atoms with van der Waals surface area (Å²) in [6, 6.07) is 0. The number of hydrogen-bond acceptors (Lipinski definition) is 3. The third kappa shape index (κ3) is 2.89. The predicted octanol–water partition coefficient (Wildman–Crippen LogP) is 4.06. The SMILES string of the molecule is C[SH2]C(=S)OCC12CC(O[Si](C)(C)C(C)(C)C)(C1)C2. The summed E-state index contributed by atoms with van der Waals surface area (Å²) in [5.41, 5.74) is 0.592. The summed E-state index contributed by atoms with van der Waals surface area (Å²) < 4.78 is 13.1. The summed E-state index contributed by atoms with van der Waals surface area (Å²) in [6.07, 6.45) is 5.62. The van der Waals surface area contributed by atoms with E-state index in [1.807, 2.05) is 0 Å². The van der Waals surface area contributed by atoms with Gasteiger partial charge in [0.25, 0.3) is 0 Å². The van der Waals surface area contributed by atoms with Crippen LogP contribution in [0.2, 0.25) is 18.1 Å². The van der Waals surface area contributed by atoms with Crippen LogP contribution in [-0.4, -0.2) is 31.2 Å². The molecule has 0 aromatic rings. The Morgan fingerprint density at radius 1 is 1.26 bits per heavy atom. The van der Waals surface area contributed by atoms with Gasteiger partial charge in [0.05, 0.1) is 12.2 Å². The van der Waals surface area contributed by atoms with Gasteiger partial charge in [0.1, 0.15) is 0 Å². The minimum Gasteiger partial charge on any atom is -0.479 e. The fourth-order valence-corrected chi connectivity index (χ4v) is 5.02. The van der Waals surface area contributed by atoms with Gasteiger partial charge in [-0.1, -0.05) is 20.8 Å². The maximum Gasteiger partial charge on any atom is 0.196 e. The van der Waals surface area contributed by atoms with Crippen molar-refractivity contribution in [1.82, 2.24) is 0 Å². The molecule has 0 amide bonds. The Labute approximate surface area is 128 Å². The highest BCUT2D eigenvalue weighted by molar-refractivity contribution is 8.22. The first kappa shape index (κ1) is 15.8. The minimum absolute atomic E-state index is 0.197. The van der Waals surface area contributed by atoms with Crippen LogP contribution in [0.1, 0.15) is 40.0 Å². The summed E-state index contributed by atoms with van der Waals surface area (Å²) in [4.78, 5) is 0. The van der Waals surface area contributed by atoms with Gasteiger partial charge in [0.15, 0.2) is 12.7 Å². The average Bonchev–Trinajstić information content (AvgIpc) is 2.17. The Hall–Kier alpha value is 0.417. The number of rotatable bonds is 4. The van der Waals surface area contributed by atoms with Gasteiger partial charge < -0.3 is 9.16 Å². The van der Waals surface area contributed by atoms with Crippen LogP contribution in [0.15, 0.2) is 0 Å². The monoisotopic (exact) mass is 320 g/mol. The van der Waals surface area contributed by atoms with E-state index in [2.05, 4.69) is 40.1 Å². The second-order valence-electron chi connectivity index (χ2n) is 7.90. The molecule has 0 aromatic heterocycles. The topological polar surface area (TPSA) is 18.5 Å². The van der Waals surface area contributed by atoms with Crippen LogP contribution in [-0.2, 0) is 9.16 Å². The lowest BCUT2D eigenvalue weighted by Gasteiger charge is -2.71. The van der Waals surface area contributed by atoms with Crippen LogP contribution in [0.3, 0.4) is 0 Å². The fraction of sp³-hybridized carbons (Fsp3) is 0.929. The van der Waals surface area contributed by atoms with Crippen molar-refractivity contribution in [2.75, 3.05) is 12.9 Å². The zero-order chi connectivity index (χ0) is 14.5. The molecule has 0 atom stereocenters. The second-order valence-corrected chi connectivity index (χ2v) is 14.3. The molecule has 3 fully saturated rings. The first-order valence-corrected chi connectivity index (χ1v) is 11.9. The average molecular weight is 321 g/mol. The van der Waals surface area contributed by atoms with Crippen LogP contribution in [0.4, 0.5) is 0 Å². The normalized spacial score (nSPS) is 34.4. The van der Waals surface area contributed by atoms with Crippen LogP contribution < -0.4 is 0 Å². The molecule has 2 nitrogen and oxygen atoms in total. The molecule has 112 valence electrons. The maximum atomic E-state index is 6.60. The van der Waals surface area contributed by atoms with Gasteiger partial charge in [-0.3, -0.25) is 0 Å². The van der Waals surface area contributed by atoms with E-state index in [0.717, 1.165) is 11.0 Å². The van der Waals surface area contributed by atoms with Crippen LogP contribution in [0, 0.1) is 5.41 Å². The smallest absolute Gasteiger partial charge is 0.196 e. The minimum atomic E-state index is -1.62. The molecule has 0 aliphatic heterocycles. The van der Waals surface area contributed by atoms with Crippen molar-refractivity contribution in [3.63, 3.8) is 0 Å². The number of thiocarbonyl (C=S) groups is 1. The van der Waals surface area contributed by atoms with Gasteiger partial charge in [-0.05, 0) is 55.9 Å². The highest BCUT2D eigenvalue weighted by Crippen LogP contribution is 2.70. The summed E-state index contributed by atoms with van der Waals surface area (Å²) in [7, 11) is -1.62. The molecule has 3 aliphatic carbocycles. The van der Waals surface area contributed by atoms with E-state index in [1.54, 1.807) is 0 Å². The lowest BCUT2D eigenvalue weighted by molar-refractivity contribution is -0.260. The quantitative estimate of drug-likeness (QED) is 0.575. The Morgan fingerprint density at radius 2 is 1.79 bits per heavy atom. The van der Waals surface area contributed by atoms with E-state index in [1.165, 1.54) is 19.3 Å². The molecule has 0 unspecified atom stereocenters. The summed E-state index contributed by atoms with van der Waals surface area (Å²) >= 11 is 5.76. The highest BCUT2D eigenvalue weighted by atomic mass is 32.2. The standard InChI is InChI=1S/C14H28O2S2Si/c1-12(2,3)19(5,6)16-14-7-13(8-14,9-14)10-15-11(17)18-4/h7-10,18H2,1-6H3. The van der Waals surface area contributed by atoms with Gasteiger partial charge >= 0.3 is 0 Å². The van der Waals surface area contributed by atoms with Gasteiger partial charge in [-0.25, -0.2) is 0 Å². The zero-order valence-corrected chi connectivity index (χ0v) is 15.9. The molecule has 0 spiro atoms. The van der Waals surface area contributed by atoms with Crippen molar-refractivity contribution in [3.8, 4) is 0 Å². The van der Waals surface area contributed by atoms with Gasteiger partial charge in [-0.15, -0.1) is 0 Å². The lowest BCUT2D eigenvalue weighted by Crippen LogP contribution is -2.72. The van der Waals surface area contributed by atoms with E-state index in [9.17, 15) is 0 Å². The third-order valence-corrected chi connectivity index (χ3v) is 10.9. The van der Waals surface area contributed by atoms with Crippen LogP contribution in [0.5, 0.6) is 0 Å². The second kappa shape index (κ2) is 4.72. The number of hydrogen-bond donors (Lipinski definition) is 0. The van der Waals surface area contributed by atoms with Gasteiger partial charge in [-0.2, -0.15) is 11.8 Å².